The summed E-state index contributed by atoms with van der Waals surface area (Å²) in [7, 11) is 0. The maximum atomic E-state index is 12.4. The van der Waals surface area contributed by atoms with Crippen molar-refractivity contribution in [2.75, 3.05) is 11.9 Å². The Morgan fingerprint density at radius 1 is 1.14 bits per heavy atom. The molecule has 0 unspecified atom stereocenters. The molecule has 0 bridgehead atoms. The summed E-state index contributed by atoms with van der Waals surface area (Å²) in [6.07, 6.45) is -0.697. The molecule has 6 nitrogen and oxygen atoms in total. The number of anilines is 1. The zero-order chi connectivity index (χ0) is 14.9. The van der Waals surface area contributed by atoms with Crippen LogP contribution in [0.25, 0.3) is 11.0 Å². The molecular weight excluding hydrogens is 302 g/mol. The molecule has 3 aromatic rings. The van der Waals surface area contributed by atoms with Gasteiger partial charge in [0, 0.05) is 0 Å². The quantitative estimate of drug-likeness (QED) is 0.787. The highest BCUT2D eigenvalue weighted by Gasteiger charge is 2.27. The molecule has 1 atom stereocenters. The Morgan fingerprint density at radius 2 is 2.00 bits per heavy atom. The van der Waals surface area contributed by atoms with Crippen LogP contribution in [-0.2, 0) is 4.79 Å². The number of aromatic nitrogens is 2. The Kier molecular flexibility index (Phi) is 3.12. The topological polar surface area (TPSA) is 73.3 Å². The lowest BCUT2D eigenvalue weighted by Gasteiger charge is -2.25. The van der Waals surface area contributed by atoms with E-state index in [1.165, 1.54) is 0 Å². The van der Waals surface area contributed by atoms with Gasteiger partial charge in [0.15, 0.2) is 11.5 Å². The molecule has 1 N–H and O–H groups in total. The van der Waals surface area contributed by atoms with Crippen molar-refractivity contribution in [1.82, 2.24) is 8.75 Å². The lowest BCUT2D eigenvalue weighted by molar-refractivity contribution is -0.125. The molecule has 0 fully saturated rings. The van der Waals surface area contributed by atoms with E-state index >= 15 is 0 Å². The molecule has 2 heterocycles. The molecule has 0 radical (unpaired) electrons. The van der Waals surface area contributed by atoms with Crippen LogP contribution < -0.4 is 14.8 Å². The molecule has 22 heavy (non-hydrogen) atoms. The van der Waals surface area contributed by atoms with Gasteiger partial charge < -0.3 is 14.8 Å². The van der Waals surface area contributed by atoms with E-state index in [-0.39, 0.29) is 12.5 Å². The van der Waals surface area contributed by atoms with Crippen molar-refractivity contribution in [2.45, 2.75) is 6.10 Å². The van der Waals surface area contributed by atoms with Crippen molar-refractivity contribution >= 4 is 34.4 Å². The van der Waals surface area contributed by atoms with Crippen molar-refractivity contribution in [3.63, 3.8) is 0 Å². The SMILES string of the molecule is O=C(Nc1cccc2nsnc12)[C@@H]1COc2ccccc2O1. The van der Waals surface area contributed by atoms with E-state index in [2.05, 4.69) is 14.1 Å². The van der Waals surface area contributed by atoms with E-state index in [4.69, 9.17) is 9.47 Å². The summed E-state index contributed by atoms with van der Waals surface area (Å²) in [5.74, 6) is 0.954. The first kappa shape index (κ1) is 13.0. The van der Waals surface area contributed by atoms with Gasteiger partial charge in [-0.3, -0.25) is 4.79 Å². The Hall–Kier alpha value is -2.67. The molecule has 1 aliphatic heterocycles. The minimum Gasteiger partial charge on any atom is -0.485 e. The van der Waals surface area contributed by atoms with Crippen molar-refractivity contribution in [3.8, 4) is 11.5 Å². The summed E-state index contributed by atoms with van der Waals surface area (Å²) in [4.78, 5) is 12.4. The van der Waals surface area contributed by atoms with Gasteiger partial charge in [-0.15, -0.1) is 0 Å². The molecule has 0 spiro atoms. The highest BCUT2D eigenvalue weighted by atomic mass is 32.1. The number of hydrogen-bond donors (Lipinski definition) is 1. The number of carbonyl (C=O) groups excluding carboxylic acids is 1. The number of carbonyl (C=O) groups is 1. The van der Waals surface area contributed by atoms with Crippen LogP contribution in [0.5, 0.6) is 11.5 Å². The van der Waals surface area contributed by atoms with E-state index in [1.54, 1.807) is 12.1 Å². The maximum absolute atomic E-state index is 12.4. The van der Waals surface area contributed by atoms with Gasteiger partial charge in [0.25, 0.3) is 5.91 Å². The summed E-state index contributed by atoms with van der Waals surface area (Å²) >= 11 is 1.11. The van der Waals surface area contributed by atoms with Crippen molar-refractivity contribution in [2.24, 2.45) is 0 Å². The second-order valence-electron chi connectivity index (χ2n) is 4.79. The second-order valence-corrected chi connectivity index (χ2v) is 5.32. The number of hydrogen-bond acceptors (Lipinski definition) is 6. The molecule has 0 aliphatic carbocycles. The Bertz CT molecular complexity index is 849. The third-order valence-electron chi connectivity index (χ3n) is 3.34. The number of rotatable bonds is 2. The first-order valence-corrected chi connectivity index (χ1v) is 7.45. The van der Waals surface area contributed by atoms with Gasteiger partial charge in [0.2, 0.25) is 6.10 Å². The summed E-state index contributed by atoms with van der Waals surface area (Å²) in [5.41, 5.74) is 2.06. The summed E-state index contributed by atoms with van der Waals surface area (Å²) in [6.45, 7) is 0.175. The van der Waals surface area contributed by atoms with Gasteiger partial charge in [-0.2, -0.15) is 8.75 Å². The summed E-state index contributed by atoms with van der Waals surface area (Å²) < 4.78 is 19.6. The first-order valence-electron chi connectivity index (χ1n) is 6.72. The first-order chi connectivity index (χ1) is 10.8. The molecular formula is C15H11N3O3S. The number of ether oxygens (including phenoxy) is 2. The number of nitrogens with one attached hydrogen (secondary N) is 1. The van der Waals surface area contributed by atoms with E-state index < -0.39 is 6.10 Å². The van der Waals surface area contributed by atoms with Crippen LogP contribution >= 0.6 is 11.7 Å². The molecule has 110 valence electrons. The van der Waals surface area contributed by atoms with Gasteiger partial charge in [-0.1, -0.05) is 18.2 Å². The van der Waals surface area contributed by atoms with Gasteiger partial charge >= 0.3 is 0 Å². The fraction of sp³-hybridized carbons (Fsp3) is 0.133. The monoisotopic (exact) mass is 313 g/mol. The molecule has 0 saturated heterocycles. The maximum Gasteiger partial charge on any atom is 0.269 e. The standard InChI is InChI=1S/C15H11N3O3S/c19-15(13-8-20-11-6-1-2-7-12(11)21-13)16-9-4-3-5-10-14(9)18-22-17-10/h1-7,13H,8H2,(H,16,19)/t13-/m0/s1. The molecule has 1 amide bonds. The largest absolute Gasteiger partial charge is 0.485 e. The van der Waals surface area contributed by atoms with Crippen molar-refractivity contribution < 1.29 is 14.3 Å². The Balaban J connectivity index is 1.55. The highest BCUT2D eigenvalue weighted by molar-refractivity contribution is 7.00. The normalized spacial score (nSPS) is 16.5. The second kappa shape index (κ2) is 5.27. The molecule has 4 rings (SSSR count). The minimum absolute atomic E-state index is 0.175. The molecule has 1 aliphatic rings. The third kappa shape index (κ3) is 2.25. The highest BCUT2D eigenvalue weighted by Crippen LogP contribution is 2.31. The van der Waals surface area contributed by atoms with Crippen LogP contribution in [0.3, 0.4) is 0 Å². The molecule has 0 saturated carbocycles. The van der Waals surface area contributed by atoms with E-state index in [1.807, 2.05) is 30.3 Å². The lowest BCUT2D eigenvalue weighted by Crippen LogP contribution is -2.40. The number of fused-ring (bicyclic) bond motifs is 2. The lowest BCUT2D eigenvalue weighted by atomic mass is 10.2. The average Bonchev–Trinajstić information content (AvgIpc) is 3.04. The number of amides is 1. The Morgan fingerprint density at radius 3 is 2.91 bits per heavy atom. The molecule has 1 aromatic heterocycles. The number of para-hydroxylation sites is 2. The smallest absolute Gasteiger partial charge is 0.269 e. The molecule has 7 heteroatoms. The van der Waals surface area contributed by atoms with Gasteiger partial charge in [-0.05, 0) is 24.3 Å². The van der Waals surface area contributed by atoms with Crippen LogP contribution in [0, 0.1) is 0 Å². The van der Waals surface area contributed by atoms with E-state index in [0.29, 0.717) is 22.7 Å². The van der Waals surface area contributed by atoms with Crippen LogP contribution in [0.15, 0.2) is 42.5 Å². The zero-order valence-electron chi connectivity index (χ0n) is 11.4. The van der Waals surface area contributed by atoms with Crippen LogP contribution in [0.1, 0.15) is 0 Å². The molecule has 2 aromatic carbocycles. The number of nitrogens with zero attached hydrogens (tertiary/aromatic N) is 2. The van der Waals surface area contributed by atoms with Crippen molar-refractivity contribution in [3.05, 3.63) is 42.5 Å². The van der Waals surface area contributed by atoms with Crippen LogP contribution in [0.2, 0.25) is 0 Å². The van der Waals surface area contributed by atoms with Crippen molar-refractivity contribution in [1.29, 1.82) is 0 Å². The van der Waals surface area contributed by atoms with Crippen LogP contribution in [-0.4, -0.2) is 27.4 Å². The fourth-order valence-corrected chi connectivity index (χ4v) is 2.82. The minimum atomic E-state index is -0.697. The fourth-order valence-electron chi connectivity index (χ4n) is 2.27. The van der Waals surface area contributed by atoms with Crippen LogP contribution in [0.4, 0.5) is 5.69 Å². The predicted octanol–water partition coefficient (Wildman–Crippen LogP) is 2.47. The van der Waals surface area contributed by atoms with Gasteiger partial charge in [0.1, 0.15) is 17.6 Å². The zero-order valence-corrected chi connectivity index (χ0v) is 12.2. The van der Waals surface area contributed by atoms with Gasteiger partial charge in [0.05, 0.1) is 17.4 Å². The summed E-state index contributed by atoms with van der Waals surface area (Å²) in [6, 6.07) is 12.8. The average molecular weight is 313 g/mol. The van der Waals surface area contributed by atoms with E-state index in [0.717, 1.165) is 17.2 Å². The van der Waals surface area contributed by atoms with E-state index in [9.17, 15) is 4.79 Å². The third-order valence-corrected chi connectivity index (χ3v) is 3.89. The Labute approximate surface area is 130 Å². The van der Waals surface area contributed by atoms with Gasteiger partial charge in [-0.25, -0.2) is 0 Å². The number of benzene rings is 2. The summed E-state index contributed by atoms with van der Waals surface area (Å²) in [5, 5.41) is 2.83. The predicted molar refractivity (Wildman–Crippen MR) is 82.4 cm³/mol.